The van der Waals surface area contributed by atoms with Crippen molar-refractivity contribution in [1.82, 2.24) is 5.32 Å². The van der Waals surface area contributed by atoms with Gasteiger partial charge in [0.1, 0.15) is 5.82 Å². The van der Waals surface area contributed by atoms with Crippen LogP contribution in [0.15, 0.2) is 18.2 Å². The van der Waals surface area contributed by atoms with E-state index in [0.29, 0.717) is 11.8 Å². The van der Waals surface area contributed by atoms with E-state index in [1.54, 1.807) is 0 Å². The van der Waals surface area contributed by atoms with Gasteiger partial charge >= 0.3 is 12.0 Å². The largest absolute Gasteiger partial charge is 0.478 e. The lowest BCUT2D eigenvalue weighted by Gasteiger charge is -2.11. The maximum atomic E-state index is 13.4. The highest BCUT2D eigenvalue weighted by molar-refractivity contribution is 8.00. The summed E-state index contributed by atoms with van der Waals surface area (Å²) in [7, 11) is 0. The van der Waals surface area contributed by atoms with E-state index in [1.807, 2.05) is 11.8 Å². The molecule has 1 unspecified atom stereocenters. The Balaban J connectivity index is 1.87. The number of carboxylic acid groups (broad SMARTS) is 1. The molecule has 1 aliphatic rings. The third-order valence-corrected chi connectivity index (χ3v) is 4.37. The van der Waals surface area contributed by atoms with Crippen LogP contribution >= 0.6 is 11.8 Å². The van der Waals surface area contributed by atoms with Gasteiger partial charge in [0.15, 0.2) is 0 Å². The normalized spacial score (nSPS) is 17.8. The molecule has 5 nitrogen and oxygen atoms in total. The zero-order valence-corrected chi connectivity index (χ0v) is 11.5. The van der Waals surface area contributed by atoms with E-state index in [0.717, 1.165) is 24.3 Å². The number of carbonyl (C=O) groups is 2. The van der Waals surface area contributed by atoms with Crippen LogP contribution in [0.1, 0.15) is 23.2 Å². The van der Waals surface area contributed by atoms with Crippen LogP contribution in [-0.4, -0.2) is 34.7 Å². The molecule has 1 atom stereocenters. The summed E-state index contributed by atoms with van der Waals surface area (Å²) in [6, 6.07) is 3.06. The van der Waals surface area contributed by atoms with Crippen molar-refractivity contribution >= 4 is 29.4 Å². The SMILES string of the molecule is O=C(NCC1CCCS1)Nc1ccc(C(=O)O)c(F)c1. The summed E-state index contributed by atoms with van der Waals surface area (Å²) in [5.74, 6) is -1.09. The fourth-order valence-corrected chi connectivity index (χ4v) is 3.15. The van der Waals surface area contributed by atoms with E-state index in [4.69, 9.17) is 5.11 Å². The van der Waals surface area contributed by atoms with Gasteiger partial charge in [-0.3, -0.25) is 0 Å². The fourth-order valence-electron chi connectivity index (χ4n) is 1.95. The summed E-state index contributed by atoms with van der Waals surface area (Å²) in [6.07, 6.45) is 2.26. The number of thioether (sulfide) groups is 1. The van der Waals surface area contributed by atoms with Gasteiger partial charge in [-0.25, -0.2) is 14.0 Å². The average Bonchev–Trinajstić information content (AvgIpc) is 2.89. The molecule has 1 aromatic carbocycles. The molecule has 1 aromatic rings. The van der Waals surface area contributed by atoms with Crippen molar-refractivity contribution in [3.8, 4) is 0 Å². The van der Waals surface area contributed by atoms with Crippen LogP contribution in [0.4, 0.5) is 14.9 Å². The highest BCUT2D eigenvalue weighted by Gasteiger charge is 2.16. The number of carbonyl (C=O) groups excluding carboxylic acids is 1. The van der Waals surface area contributed by atoms with E-state index in [2.05, 4.69) is 10.6 Å². The zero-order chi connectivity index (χ0) is 14.5. The van der Waals surface area contributed by atoms with Gasteiger partial charge in [0.25, 0.3) is 0 Å². The Bertz CT molecular complexity index is 518. The third kappa shape index (κ3) is 3.86. The molecule has 2 rings (SSSR count). The molecule has 1 aliphatic heterocycles. The fraction of sp³-hybridized carbons (Fsp3) is 0.385. The summed E-state index contributed by atoms with van der Waals surface area (Å²) in [5.41, 5.74) is -0.192. The van der Waals surface area contributed by atoms with Crippen molar-refractivity contribution in [1.29, 1.82) is 0 Å². The van der Waals surface area contributed by atoms with Gasteiger partial charge in [-0.1, -0.05) is 0 Å². The maximum absolute atomic E-state index is 13.4. The molecule has 0 aromatic heterocycles. The van der Waals surface area contributed by atoms with Gasteiger partial charge in [0.05, 0.1) is 5.56 Å². The summed E-state index contributed by atoms with van der Waals surface area (Å²) >= 11 is 1.83. The highest BCUT2D eigenvalue weighted by atomic mass is 32.2. The molecule has 1 fully saturated rings. The van der Waals surface area contributed by atoms with Crippen LogP contribution < -0.4 is 10.6 Å². The Kier molecular flexibility index (Phi) is 4.84. The van der Waals surface area contributed by atoms with E-state index in [1.165, 1.54) is 12.5 Å². The van der Waals surface area contributed by atoms with Crippen LogP contribution in [0.25, 0.3) is 0 Å². The second-order valence-corrected chi connectivity index (χ2v) is 5.88. The number of hydrogen-bond acceptors (Lipinski definition) is 3. The Morgan fingerprint density at radius 2 is 2.25 bits per heavy atom. The minimum absolute atomic E-state index is 0.226. The van der Waals surface area contributed by atoms with Crippen molar-refractivity contribution in [2.75, 3.05) is 17.6 Å². The third-order valence-electron chi connectivity index (χ3n) is 2.97. The molecule has 0 spiro atoms. The second-order valence-electron chi connectivity index (χ2n) is 4.47. The standard InChI is InChI=1S/C13H15FN2O3S/c14-11-6-8(3-4-10(11)12(17)18)16-13(19)15-7-9-2-1-5-20-9/h3-4,6,9H,1-2,5,7H2,(H,17,18)(H2,15,16,19). The average molecular weight is 298 g/mol. The first-order valence-electron chi connectivity index (χ1n) is 6.25. The molecule has 20 heavy (non-hydrogen) atoms. The number of aromatic carboxylic acids is 1. The van der Waals surface area contributed by atoms with Gasteiger partial charge in [0.2, 0.25) is 0 Å². The minimum Gasteiger partial charge on any atom is -0.478 e. The molecule has 0 aliphatic carbocycles. The molecule has 3 N–H and O–H groups in total. The smallest absolute Gasteiger partial charge is 0.338 e. The minimum atomic E-state index is -1.34. The molecule has 108 valence electrons. The van der Waals surface area contributed by atoms with Crippen LogP contribution in [0, 0.1) is 5.82 Å². The number of hydrogen-bond donors (Lipinski definition) is 3. The van der Waals surface area contributed by atoms with E-state index >= 15 is 0 Å². The van der Waals surface area contributed by atoms with Crippen LogP contribution in [0.2, 0.25) is 0 Å². The lowest BCUT2D eigenvalue weighted by atomic mass is 10.2. The van der Waals surface area contributed by atoms with Crippen LogP contribution in [-0.2, 0) is 0 Å². The van der Waals surface area contributed by atoms with Gasteiger partial charge in [-0.2, -0.15) is 11.8 Å². The number of rotatable bonds is 4. The predicted octanol–water partition coefficient (Wildman–Crippen LogP) is 2.54. The Morgan fingerprint density at radius 1 is 1.45 bits per heavy atom. The van der Waals surface area contributed by atoms with Gasteiger partial charge < -0.3 is 15.7 Å². The Labute approximate surface area is 119 Å². The predicted molar refractivity (Wildman–Crippen MR) is 75.9 cm³/mol. The first-order chi connectivity index (χ1) is 9.56. The first-order valence-corrected chi connectivity index (χ1v) is 7.30. The lowest BCUT2D eigenvalue weighted by molar-refractivity contribution is 0.0692. The molecular weight excluding hydrogens is 283 g/mol. The molecule has 0 saturated carbocycles. The lowest BCUT2D eigenvalue weighted by Crippen LogP contribution is -2.33. The summed E-state index contributed by atoms with van der Waals surface area (Å²) < 4.78 is 13.4. The molecule has 0 bridgehead atoms. The van der Waals surface area contributed by atoms with Gasteiger partial charge in [0, 0.05) is 17.5 Å². The van der Waals surface area contributed by atoms with E-state index < -0.39 is 23.4 Å². The summed E-state index contributed by atoms with van der Waals surface area (Å²) in [5, 5.41) is 14.3. The molecule has 1 heterocycles. The molecule has 1 saturated heterocycles. The Morgan fingerprint density at radius 3 is 2.85 bits per heavy atom. The molecule has 7 heteroatoms. The van der Waals surface area contributed by atoms with Crippen LogP contribution in [0.3, 0.4) is 0 Å². The number of nitrogens with one attached hydrogen (secondary N) is 2. The van der Waals surface area contributed by atoms with Gasteiger partial charge in [-0.05, 0) is 36.8 Å². The number of urea groups is 1. The first kappa shape index (κ1) is 14.6. The van der Waals surface area contributed by atoms with E-state index in [9.17, 15) is 14.0 Å². The number of benzene rings is 1. The number of carboxylic acids is 1. The van der Waals surface area contributed by atoms with Crippen molar-refractivity contribution in [3.63, 3.8) is 0 Å². The monoisotopic (exact) mass is 298 g/mol. The summed E-state index contributed by atoms with van der Waals surface area (Å²) in [4.78, 5) is 22.3. The highest BCUT2D eigenvalue weighted by Crippen LogP contribution is 2.25. The van der Waals surface area contributed by atoms with Crippen molar-refractivity contribution in [2.24, 2.45) is 0 Å². The number of halogens is 1. The quantitative estimate of drug-likeness (QED) is 0.798. The molecular formula is C13H15FN2O3S. The number of anilines is 1. The van der Waals surface area contributed by atoms with Crippen molar-refractivity contribution in [2.45, 2.75) is 18.1 Å². The van der Waals surface area contributed by atoms with Gasteiger partial charge in [-0.15, -0.1) is 0 Å². The van der Waals surface area contributed by atoms with Crippen molar-refractivity contribution in [3.05, 3.63) is 29.6 Å². The van der Waals surface area contributed by atoms with Crippen LogP contribution in [0.5, 0.6) is 0 Å². The Hall–Kier alpha value is -1.76. The van der Waals surface area contributed by atoms with E-state index in [-0.39, 0.29) is 5.69 Å². The summed E-state index contributed by atoms with van der Waals surface area (Å²) in [6.45, 7) is 0.576. The topological polar surface area (TPSA) is 78.4 Å². The maximum Gasteiger partial charge on any atom is 0.338 e. The molecule has 0 radical (unpaired) electrons. The molecule has 2 amide bonds. The zero-order valence-electron chi connectivity index (χ0n) is 10.7. The second kappa shape index (κ2) is 6.60. The van der Waals surface area contributed by atoms with Crippen molar-refractivity contribution < 1.29 is 19.1 Å². The number of amides is 2.